The first-order valence-electron chi connectivity index (χ1n) is 7.01. The fourth-order valence-corrected chi connectivity index (χ4v) is 2.76. The second kappa shape index (κ2) is 5.37. The summed E-state index contributed by atoms with van der Waals surface area (Å²) in [4.78, 5) is 0. The van der Waals surface area contributed by atoms with E-state index in [9.17, 15) is 4.39 Å². The topological polar surface area (TPSA) is 26.0 Å². The van der Waals surface area contributed by atoms with Gasteiger partial charge in [-0.2, -0.15) is 0 Å². The van der Waals surface area contributed by atoms with Crippen LogP contribution in [-0.4, -0.2) is 0 Å². The molecule has 106 valence electrons. The molecule has 2 aromatic carbocycles. The minimum atomic E-state index is -0.648. The summed E-state index contributed by atoms with van der Waals surface area (Å²) >= 11 is 0. The number of halogens is 1. The molecule has 0 aromatic heterocycles. The first-order valence-corrected chi connectivity index (χ1v) is 7.01. The van der Waals surface area contributed by atoms with Crippen molar-refractivity contribution in [2.75, 3.05) is 0 Å². The fraction of sp³-hybridized carbons (Fsp3) is 0.333. The molecule has 0 saturated heterocycles. The van der Waals surface area contributed by atoms with Crippen molar-refractivity contribution in [3.63, 3.8) is 0 Å². The third kappa shape index (κ3) is 2.48. The van der Waals surface area contributed by atoms with Gasteiger partial charge < -0.3 is 5.73 Å². The average Bonchev–Trinajstić information content (AvgIpc) is 2.42. The van der Waals surface area contributed by atoms with E-state index in [1.54, 1.807) is 6.07 Å². The van der Waals surface area contributed by atoms with Crippen molar-refractivity contribution < 1.29 is 4.39 Å². The number of nitrogens with two attached hydrogens (primary N) is 1. The van der Waals surface area contributed by atoms with E-state index in [4.69, 9.17) is 5.73 Å². The predicted octanol–water partition coefficient (Wildman–Crippen LogP) is 4.36. The van der Waals surface area contributed by atoms with E-state index in [0.717, 1.165) is 23.1 Å². The first-order chi connectivity index (χ1) is 9.38. The summed E-state index contributed by atoms with van der Waals surface area (Å²) in [7, 11) is 0. The summed E-state index contributed by atoms with van der Waals surface area (Å²) in [5.41, 5.74) is 11.5. The van der Waals surface area contributed by atoms with Gasteiger partial charge in [0.1, 0.15) is 5.82 Å². The number of hydrogen-bond donors (Lipinski definition) is 1. The molecule has 0 amide bonds. The smallest absolute Gasteiger partial charge is 0.123 e. The fourth-order valence-electron chi connectivity index (χ4n) is 2.76. The normalized spacial score (nSPS) is 14.1. The molecule has 1 nitrogen and oxygen atoms in total. The lowest BCUT2D eigenvalue weighted by molar-refractivity contribution is 0.509. The van der Waals surface area contributed by atoms with Crippen LogP contribution < -0.4 is 5.73 Å². The van der Waals surface area contributed by atoms with E-state index in [1.165, 1.54) is 23.3 Å². The van der Waals surface area contributed by atoms with E-state index in [2.05, 4.69) is 32.9 Å². The van der Waals surface area contributed by atoms with Crippen molar-refractivity contribution in [2.24, 2.45) is 5.73 Å². The molecule has 0 aliphatic rings. The Balaban J connectivity index is 2.65. The standard InChI is InChI=1S/C18H22FN/c1-5-18(20,15-7-6-8-16(19)11-15)17-10-13(3)12(2)9-14(17)4/h6-11H,5,20H2,1-4H3. The Morgan fingerprint density at radius 1 is 1.00 bits per heavy atom. The molecule has 0 bridgehead atoms. The number of rotatable bonds is 3. The van der Waals surface area contributed by atoms with Gasteiger partial charge in [-0.05, 0) is 67.1 Å². The number of benzene rings is 2. The van der Waals surface area contributed by atoms with Gasteiger partial charge in [-0.3, -0.25) is 0 Å². The van der Waals surface area contributed by atoms with Gasteiger partial charge in [-0.1, -0.05) is 31.2 Å². The molecule has 2 heteroatoms. The average molecular weight is 271 g/mol. The molecule has 0 aliphatic carbocycles. The molecule has 2 rings (SSSR count). The zero-order valence-corrected chi connectivity index (χ0v) is 12.6. The summed E-state index contributed by atoms with van der Waals surface area (Å²) in [6.07, 6.45) is 0.722. The highest BCUT2D eigenvalue weighted by Crippen LogP contribution is 2.34. The van der Waals surface area contributed by atoms with Crippen LogP contribution in [0.25, 0.3) is 0 Å². The van der Waals surface area contributed by atoms with E-state index in [1.807, 2.05) is 13.0 Å². The molecule has 0 fully saturated rings. The van der Waals surface area contributed by atoms with E-state index in [0.29, 0.717) is 0 Å². The maximum Gasteiger partial charge on any atom is 0.123 e. The highest BCUT2D eigenvalue weighted by molar-refractivity contribution is 5.46. The molecule has 0 saturated carbocycles. The summed E-state index contributed by atoms with van der Waals surface area (Å²) < 4.78 is 13.5. The lowest BCUT2D eigenvalue weighted by Crippen LogP contribution is -2.38. The third-order valence-electron chi connectivity index (χ3n) is 4.22. The molecule has 2 N–H and O–H groups in total. The van der Waals surface area contributed by atoms with Crippen molar-refractivity contribution in [1.82, 2.24) is 0 Å². The van der Waals surface area contributed by atoms with E-state index in [-0.39, 0.29) is 5.82 Å². The summed E-state index contributed by atoms with van der Waals surface area (Å²) in [6, 6.07) is 10.9. The Labute approximate surface area is 120 Å². The van der Waals surface area contributed by atoms with Gasteiger partial charge in [0.05, 0.1) is 5.54 Å². The van der Waals surface area contributed by atoms with Crippen molar-refractivity contribution in [3.05, 3.63) is 70.0 Å². The molecule has 1 unspecified atom stereocenters. The predicted molar refractivity (Wildman–Crippen MR) is 82.3 cm³/mol. The number of aryl methyl sites for hydroxylation is 3. The quantitative estimate of drug-likeness (QED) is 0.881. The van der Waals surface area contributed by atoms with Crippen molar-refractivity contribution in [3.8, 4) is 0 Å². The van der Waals surface area contributed by atoms with Crippen LogP contribution in [-0.2, 0) is 5.54 Å². The first kappa shape index (κ1) is 14.7. The van der Waals surface area contributed by atoms with Crippen LogP contribution in [0.4, 0.5) is 4.39 Å². The molecule has 20 heavy (non-hydrogen) atoms. The minimum Gasteiger partial charge on any atom is -0.318 e. The van der Waals surface area contributed by atoms with Crippen molar-refractivity contribution >= 4 is 0 Å². The highest BCUT2D eigenvalue weighted by Gasteiger charge is 2.29. The maximum absolute atomic E-state index is 13.5. The highest BCUT2D eigenvalue weighted by atomic mass is 19.1. The lowest BCUT2D eigenvalue weighted by atomic mass is 9.78. The summed E-state index contributed by atoms with van der Waals surface area (Å²) in [5.74, 6) is -0.243. The van der Waals surface area contributed by atoms with Crippen LogP contribution in [0.15, 0.2) is 36.4 Å². The summed E-state index contributed by atoms with van der Waals surface area (Å²) in [6.45, 7) is 8.29. The molecule has 0 radical (unpaired) electrons. The SMILES string of the molecule is CCC(N)(c1cccc(F)c1)c1cc(C)c(C)cc1C. The van der Waals surface area contributed by atoms with E-state index >= 15 is 0 Å². The zero-order valence-electron chi connectivity index (χ0n) is 12.6. The summed E-state index contributed by atoms with van der Waals surface area (Å²) in [5, 5.41) is 0. The van der Waals surface area contributed by atoms with Crippen LogP contribution in [0, 0.1) is 26.6 Å². The van der Waals surface area contributed by atoms with Gasteiger partial charge in [0.15, 0.2) is 0 Å². The van der Waals surface area contributed by atoms with Gasteiger partial charge in [0, 0.05) is 0 Å². The Morgan fingerprint density at radius 3 is 2.25 bits per heavy atom. The molecule has 0 aliphatic heterocycles. The van der Waals surface area contributed by atoms with Crippen LogP contribution in [0.1, 0.15) is 41.2 Å². The second-order valence-corrected chi connectivity index (χ2v) is 5.59. The molecule has 1 atom stereocenters. The molecule has 2 aromatic rings. The Bertz CT molecular complexity index is 633. The lowest BCUT2D eigenvalue weighted by Gasteiger charge is -2.32. The van der Waals surface area contributed by atoms with Gasteiger partial charge in [-0.15, -0.1) is 0 Å². The monoisotopic (exact) mass is 271 g/mol. The van der Waals surface area contributed by atoms with Crippen LogP contribution >= 0.6 is 0 Å². The van der Waals surface area contributed by atoms with Gasteiger partial charge >= 0.3 is 0 Å². The van der Waals surface area contributed by atoms with Crippen LogP contribution in [0.5, 0.6) is 0 Å². The van der Waals surface area contributed by atoms with Gasteiger partial charge in [-0.25, -0.2) is 4.39 Å². The molecular formula is C18H22FN. The second-order valence-electron chi connectivity index (χ2n) is 5.59. The van der Waals surface area contributed by atoms with Gasteiger partial charge in [0.25, 0.3) is 0 Å². The molecule has 0 spiro atoms. The molecular weight excluding hydrogens is 249 g/mol. The van der Waals surface area contributed by atoms with Crippen LogP contribution in [0.2, 0.25) is 0 Å². The Hall–Kier alpha value is -1.67. The van der Waals surface area contributed by atoms with E-state index < -0.39 is 5.54 Å². The largest absolute Gasteiger partial charge is 0.318 e. The third-order valence-corrected chi connectivity index (χ3v) is 4.22. The minimum absolute atomic E-state index is 0.243. The maximum atomic E-state index is 13.5. The Kier molecular flexibility index (Phi) is 3.96. The van der Waals surface area contributed by atoms with Crippen molar-refractivity contribution in [1.29, 1.82) is 0 Å². The zero-order chi connectivity index (χ0) is 14.9. The molecule has 0 heterocycles. The van der Waals surface area contributed by atoms with Gasteiger partial charge in [0.2, 0.25) is 0 Å². The Morgan fingerprint density at radius 2 is 1.65 bits per heavy atom. The van der Waals surface area contributed by atoms with Crippen molar-refractivity contribution in [2.45, 2.75) is 39.7 Å². The number of hydrogen-bond acceptors (Lipinski definition) is 1. The van der Waals surface area contributed by atoms with Crippen LogP contribution in [0.3, 0.4) is 0 Å².